The Labute approximate surface area is 197 Å². The van der Waals surface area contributed by atoms with Crippen LogP contribution in [-0.4, -0.2) is 34.7 Å². The molecule has 3 saturated carbocycles. The molecule has 0 bridgehead atoms. The third kappa shape index (κ3) is 5.96. The van der Waals surface area contributed by atoms with E-state index in [0.717, 1.165) is 77.0 Å². The molecule has 3 fully saturated rings. The van der Waals surface area contributed by atoms with Gasteiger partial charge in [-0.2, -0.15) is 0 Å². The highest BCUT2D eigenvalue weighted by atomic mass is 16.2. The second-order valence-corrected chi connectivity index (χ2v) is 10.3. The molecular formula is C27H39N3O3. The highest BCUT2D eigenvalue weighted by molar-refractivity contribution is 6.02. The largest absolute Gasteiger partial charge is 0.366 e. The van der Waals surface area contributed by atoms with Crippen molar-refractivity contribution in [3.63, 3.8) is 0 Å². The SMILES string of the molecule is NC(=O)c1cc(NC(=O)C2CCCCC2)cc(C(=O)N(C2CCCCC2)C2CCCCC2)c1. The number of hydrogen-bond acceptors (Lipinski definition) is 3. The molecular weight excluding hydrogens is 414 g/mol. The van der Waals surface area contributed by atoms with Crippen LogP contribution in [0.2, 0.25) is 0 Å². The fourth-order valence-electron chi connectivity index (χ4n) is 6.07. The van der Waals surface area contributed by atoms with Crippen LogP contribution < -0.4 is 11.1 Å². The van der Waals surface area contributed by atoms with E-state index in [1.54, 1.807) is 18.2 Å². The van der Waals surface area contributed by atoms with Gasteiger partial charge in [-0.15, -0.1) is 0 Å². The van der Waals surface area contributed by atoms with E-state index in [1.165, 1.54) is 19.3 Å². The van der Waals surface area contributed by atoms with E-state index in [4.69, 9.17) is 5.73 Å². The van der Waals surface area contributed by atoms with Crippen molar-refractivity contribution in [1.29, 1.82) is 0 Å². The van der Waals surface area contributed by atoms with E-state index in [2.05, 4.69) is 10.2 Å². The number of rotatable bonds is 6. The number of nitrogens with one attached hydrogen (secondary N) is 1. The fraction of sp³-hybridized carbons (Fsp3) is 0.667. The van der Waals surface area contributed by atoms with Crippen molar-refractivity contribution in [2.45, 2.75) is 108 Å². The quantitative estimate of drug-likeness (QED) is 0.603. The summed E-state index contributed by atoms with van der Waals surface area (Å²) < 4.78 is 0. The molecule has 3 aliphatic carbocycles. The van der Waals surface area contributed by atoms with Gasteiger partial charge < -0.3 is 16.0 Å². The van der Waals surface area contributed by atoms with E-state index in [-0.39, 0.29) is 35.4 Å². The summed E-state index contributed by atoms with van der Waals surface area (Å²) in [5.41, 5.74) is 6.84. The molecule has 0 spiro atoms. The van der Waals surface area contributed by atoms with Crippen LogP contribution in [0.5, 0.6) is 0 Å². The summed E-state index contributed by atoms with van der Waals surface area (Å²) in [6.07, 6.45) is 16.4. The van der Waals surface area contributed by atoms with Gasteiger partial charge in [0.25, 0.3) is 5.91 Å². The van der Waals surface area contributed by atoms with Gasteiger partial charge >= 0.3 is 0 Å². The number of primary amides is 1. The van der Waals surface area contributed by atoms with E-state index in [0.29, 0.717) is 11.3 Å². The number of nitrogens with zero attached hydrogens (tertiary/aromatic N) is 1. The topological polar surface area (TPSA) is 92.5 Å². The Morgan fingerprint density at radius 1 is 0.697 bits per heavy atom. The van der Waals surface area contributed by atoms with Crippen molar-refractivity contribution < 1.29 is 14.4 Å². The first-order chi connectivity index (χ1) is 16.0. The second kappa shape index (κ2) is 11.2. The van der Waals surface area contributed by atoms with Gasteiger partial charge in [0, 0.05) is 34.8 Å². The van der Waals surface area contributed by atoms with Gasteiger partial charge in [0.05, 0.1) is 0 Å². The molecule has 6 heteroatoms. The molecule has 6 nitrogen and oxygen atoms in total. The van der Waals surface area contributed by atoms with Gasteiger partial charge in [0.1, 0.15) is 0 Å². The number of anilines is 1. The number of carbonyl (C=O) groups is 3. The molecule has 3 aliphatic rings. The Morgan fingerprint density at radius 3 is 1.70 bits per heavy atom. The molecule has 0 unspecified atom stereocenters. The van der Waals surface area contributed by atoms with Gasteiger partial charge in [-0.1, -0.05) is 57.8 Å². The Kier molecular flexibility index (Phi) is 8.05. The zero-order valence-corrected chi connectivity index (χ0v) is 19.8. The van der Waals surface area contributed by atoms with Crippen LogP contribution in [0, 0.1) is 5.92 Å². The molecule has 0 aliphatic heterocycles. The standard InChI is InChI=1S/C27H39N3O3/c28-25(31)20-16-21(18-22(17-20)29-26(32)19-10-4-1-5-11-19)27(33)30(23-12-6-2-7-13-23)24-14-8-3-9-15-24/h16-19,23-24H,1-15H2,(H2,28,31)(H,29,32). The zero-order chi connectivity index (χ0) is 23.2. The highest BCUT2D eigenvalue weighted by Gasteiger charge is 2.33. The summed E-state index contributed by atoms with van der Waals surface area (Å²) in [5, 5.41) is 2.98. The Morgan fingerprint density at radius 2 is 1.18 bits per heavy atom. The molecule has 33 heavy (non-hydrogen) atoms. The highest BCUT2D eigenvalue weighted by Crippen LogP contribution is 2.32. The predicted octanol–water partition coefficient (Wildman–Crippen LogP) is 5.41. The van der Waals surface area contributed by atoms with Gasteiger partial charge in [-0.3, -0.25) is 14.4 Å². The number of carbonyl (C=O) groups excluding carboxylic acids is 3. The maximum Gasteiger partial charge on any atom is 0.254 e. The Bertz CT molecular complexity index is 832. The molecule has 0 atom stereocenters. The minimum Gasteiger partial charge on any atom is -0.366 e. The van der Waals surface area contributed by atoms with E-state index < -0.39 is 5.91 Å². The predicted molar refractivity (Wildman–Crippen MR) is 130 cm³/mol. The number of amides is 3. The maximum absolute atomic E-state index is 13.9. The zero-order valence-electron chi connectivity index (χ0n) is 19.8. The van der Waals surface area contributed by atoms with Gasteiger partial charge in [0.15, 0.2) is 0 Å². The van der Waals surface area contributed by atoms with E-state index in [1.807, 2.05) is 0 Å². The summed E-state index contributed by atoms with van der Waals surface area (Å²) in [7, 11) is 0. The number of nitrogens with two attached hydrogens (primary N) is 1. The van der Waals surface area contributed by atoms with Gasteiger partial charge in [0.2, 0.25) is 11.8 Å². The second-order valence-electron chi connectivity index (χ2n) is 10.3. The van der Waals surface area contributed by atoms with Crippen LogP contribution in [0.4, 0.5) is 5.69 Å². The lowest BCUT2D eigenvalue weighted by molar-refractivity contribution is -0.120. The molecule has 180 valence electrons. The Hall–Kier alpha value is -2.37. The monoisotopic (exact) mass is 453 g/mol. The molecule has 0 radical (unpaired) electrons. The van der Waals surface area contributed by atoms with Crippen LogP contribution >= 0.6 is 0 Å². The summed E-state index contributed by atoms with van der Waals surface area (Å²) in [4.78, 5) is 41.0. The van der Waals surface area contributed by atoms with Crippen molar-refractivity contribution in [2.75, 3.05) is 5.32 Å². The molecule has 0 aromatic heterocycles. The average Bonchev–Trinajstić information content (AvgIpc) is 2.86. The number of benzene rings is 1. The normalized spacial score (nSPS) is 20.8. The van der Waals surface area contributed by atoms with Crippen molar-refractivity contribution in [3.05, 3.63) is 29.3 Å². The maximum atomic E-state index is 13.9. The first-order valence-corrected chi connectivity index (χ1v) is 13.1. The third-order valence-electron chi connectivity index (χ3n) is 7.88. The summed E-state index contributed by atoms with van der Waals surface area (Å²) in [5.74, 6) is -0.632. The van der Waals surface area contributed by atoms with Crippen molar-refractivity contribution >= 4 is 23.4 Å². The van der Waals surface area contributed by atoms with E-state index >= 15 is 0 Å². The minimum atomic E-state index is -0.584. The summed E-state index contributed by atoms with van der Waals surface area (Å²) in [6, 6.07) is 5.47. The first-order valence-electron chi connectivity index (χ1n) is 13.1. The van der Waals surface area contributed by atoms with Crippen LogP contribution in [0.1, 0.15) is 117 Å². The van der Waals surface area contributed by atoms with Crippen LogP contribution in [0.3, 0.4) is 0 Å². The smallest absolute Gasteiger partial charge is 0.254 e. The van der Waals surface area contributed by atoms with Crippen molar-refractivity contribution in [2.24, 2.45) is 11.7 Å². The molecule has 0 saturated heterocycles. The molecule has 0 heterocycles. The molecule has 3 N–H and O–H groups in total. The van der Waals surface area contributed by atoms with Crippen molar-refractivity contribution in [3.8, 4) is 0 Å². The third-order valence-corrected chi connectivity index (χ3v) is 7.88. The van der Waals surface area contributed by atoms with Crippen molar-refractivity contribution in [1.82, 2.24) is 4.90 Å². The van der Waals surface area contributed by atoms with Crippen LogP contribution in [-0.2, 0) is 4.79 Å². The summed E-state index contributed by atoms with van der Waals surface area (Å²) in [6.45, 7) is 0. The molecule has 4 rings (SSSR count). The molecule has 1 aromatic rings. The lowest BCUT2D eigenvalue weighted by Crippen LogP contribution is -2.48. The lowest BCUT2D eigenvalue weighted by atomic mass is 9.88. The van der Waals surface area contributed by atoms with E-state index in [9.17, 15) is 14.4 Å². The Balaban J connectivity index is 1.60. The summed E-state index contributed by atoms with van der Waals surface area (Å²) >= 11 is 0. The van der Waals surface area contributed by atoms with Gasteiger partial charge in [-0.25, -0.2) is 0 Å². The van der Waals surface area contributed by atoms with Crippen LogP contribution in [0.15, 0.2) is 18.2 Å². The number of hydrogen-bond donors (Lipinski definition) is 2. The fourth-order valence-corrected chi connectivity index (χ4v) is 6.07. The molecule has 1 aromatic carbocycles. The van der Waals surface area contributed by atoms with Gasteiger partial charge in [-0.05, 0) is 56.7 Å². The minimum absolute atomic E-state index is 0.00360. The molecule has 3 amide bonds. The average molecular weight is 454 g/mol. The first kappa shape index (κ1) is 23.8. The van der Waals surface area contributed by atoms with Crippen LogP contribution in [0.25, 0.3) is 0 Å². The lowest BCUT2D eigenvalue weighted by Gasteiger charge is -2.42.